The zero-order chi connectivity index (χ0) is 26.4. The van der Waals surface area contributed by atoms with E-state index in [0.717, 1.165) is 71.8 Å². The van der Waals surface area contributed by atoms with Crippen LogP contribution in [0.15, 0.2) is 72.8 Å². The van der Waals surface area contributed by atoms with E-state index in [-0.39, 0.29) is 0 Å². The molecule has 0 aliphatic carbocycles. The molecule has 0 fully saturated rings. The van der Waals surface area contributed by atoms with Gasteiger partial charge in [-0.2, -0.15) is 0 Å². The second kappa shape index (κ2) is 9.44. The third-order valence-corrected chi connectivity index (χ3v) is 7.40. The molecule has 0 heterocycles. The lowest BCUT2D eigenvalue weighted by Crippen LogP contribution is -2.05. The molecule has 5 aromatic rings. The Bertz CT molecular complexity index is 1610. The third kappa shape index (κ3) is 4.27. The second-order valence-electron chi connectivity index (χ2n) is 10.3. The van der Waals surface area contributed by atoms with Crippen LogP contribution in [0.25, 0.3) is 32.9 Å². The molecule has 186 valence electrons. The number of aryl methyl sites for hydroxylation is 6. The smallest absolute Gasteiger partial charge is 0.132 e. The van der Waals surface area contributed by atoms with Crippen LogP contribution < -0.4 is 4.74 Å². The first kappa shape index (κ1) is 24.6. The van der Waals surface area contributed by atoms with Gasteiger partial charge in [0.05, 0.1) is 7.11 Å². The summed E-state index contributed by atoms with van der Waals surface area (Å²) in [6, 6.07) is 25.4. The van der Waals surface area contributed by atoms with E-state index in [1.165, 1.54) is 11.1 Å². The molecule has 5 aromatic carbocycles. The Labute approximate surface area is 219 Å². The Morgan fingerprint density at radius 1 is 0.568 bits per heavy atom. The number of hydrogen-bond acceptors (Lipinski definition) is 2. The summed E-state index contributed by atoms with van der Waals surface area (Å²) in [6.45, 7) is 12.8. The van der Waals surface area contributed by atoms with Gasteiger partial charge in [0.1, 0.15) is 11.5 Å². The average molecular weight is 487 g/mol. The summed E-state index contributed by atoms with van der Waals surface area (Å²) < 4.78 is 5.60. The summed E-state index contributed by atoms with van der Waals surface area (Å²) in [5.74, 6) is 1.06. The van der Waals surface area contributed by atoms with Gasteiger partial charge in [-0.1, -0.05) is 65.7 Å². The minimum Gasteiger partial charge on any atom is -0.507 e. The molecule has 0 aliphatic heterocycles. The van der Waals surface area contributed by atoms with Crippen LogP contribution in [0.4, 0.5) is 0 Å². The lowest BCUT2D eigenvalue weighted by Gasteiger charge is -2.23. The normalized spacial score (nSPS) is 11.2. The van der Waals surface area contributed by atoms with Gasteiger partial charge >= 0.3 is 0 Å². The van der Waals surface area contributed by atoms with Crippen molar-refractivity contribution in [1.82, 2.24) is 0 Å². The zero-order valence-electron chi connectivity index (χ0n) is 22.8. The van der Waals surface area contributed by atoms with Crippen LogP contribution in [0.2, 0.25) is 0 Å². The average Bonchev–Trinajstić information content (AvgIpc) is 2.84. The Kier molecular flexibility index (Phi) is 6.29. The van der Waals surface area contributed by atoms with E-state index in [0.29, 0.717) is 5.76 Å². The van der Waals surface area contributed by atoms with E-state index in [1.54, 1.807) is 7.11 Å². The quantitative estimate of drug-likeness (QED) is 0.156. The van der Waals surface area contributed by atoms with Crippen LogP contribution in [0.1, 0.15) is 50.1 Å². The molecule has 2 nitrogen and oxygen atoms in total. The van der Waals surface area contributed by atoms with Gasteiger partial charge in [-0.15, -0.1) is 0 Å². The van der Waals surface area contributed by atoms with Crippen molar-refractivity contribution in [2.24, 2.45) is 0 Å². The van der Waals surface area contributed by atoms with Crippen LogP contribution in [-0.2, 0) is 0 Å². The van der Waals surface area contributed by atoms with E-state index >= 15 is 0 Å². The van der Waals surface area contributed by atoms with Crippen molar-refractivity contribution in [3.8, 4) is 5.75 Å². The van der Waals surface area contributed by atoms with Crippen molar-refractivity contribution >= 4 is 32.9 Å². The largest absolute Gasteiger partial charge is 0.507 e. The maximum absolute atomic E-state index is 12.5. The van der Waals surface area contributed by atoms with E-state index in [4.69, 9.17) is 4.74 Å². The molecular formula is C35H34O2. The minimum absolute atomic E-state index is 0.292. The molecular weight excluding hydrogens is 452 g/mol. The molecule has 0 aliphatic rings. The monoisotopic (exact) mass is 486 g/mol. The molecule has 0 saturated carbocycles. The highest BCUT2D eigenvalue weighted by atomic mass is 16.5. The fourth-order valence-electron chi connectivity index (χ4n) is 6.06. The second-order valence-corrected chi connectivity index (χ2v) is 10.3. The van der Waals surface area contributed by atoms with E-state index in [2.05, 4.69) is 90.1 Å². The highest BCUT2D eigenvalue weighted by Crippen LogP contribution is 2.42. The lowest BCUT2D eigenvalue weighted by molar-refractivity contribution is 0.415. The van der Waals surface area contributed by atoms with Gasteiger partial charge in [0.15, 0.2) is 0 Å². The minimum atomic E-state index is 0.292. The number of aliphatic hydroxyl groups is 1. The van der Waals surface area contributed by atoms with Crippen molar-refractivity contribution < 1.29 is 9.84 Å². The van der Waals surface area contributed by atoms with Crippen molar-refractivity contribution in [3.63, 3.8) is 0 Å². The SMILES string of the molecule is COc1ccc2cc3ccccc3c(C(O)=C(c3c(C)cc(C)cc3C)c3c(C)cc(C)cc3C)c2c1. The fourth-order valence-corrected chi connectivity index (χ4v) is 6.06. The molecule has 1 N–H and O–H groups in total. The lowest BCUT2D eigenvalue weighted by atomic mass is 9.82. The van der Waals surface area contributed by atoms with Gasteiger partial charge in [0.2, 0.25) is 0 Å². The molecule has 0 amide bonds. The topological polar surface area (TPSA) is 29.5 Å². The summed E-state index contributed by atoms with van der Waals surface area (Å²) in [5.41, 5.74) is 10.9. The van der Waals surface area contributed by atoms with Gasteiger partial charge in [-0.25, -0.2) is 0 Å². The number of benzene rings is 5. The molecule has 0 unspecified atom stereocenters. The van der Waals surface area contributed by atoms with Crippen LogP contribution >= 0.6 is 0 Å². The number of ether oxygens (including phenoxy) is 1. The molecule has 0 atom stereocenters. The summed E-state index contributed by atoms with van der Waals surface area (Å²) in [6.07, 6.45) is 0. The number of aliphatic hydroxyl groups excluding tert-OH is 1. The molecule has 0 aromatic heterocycles. The van der Waals surface area contributed by atoms with Gasteiger partial charge in [0.25, 0.3) is 0 Å². The van der Waals surface area contributed by atoms with Gasteiger partial charge in [0, 0.05) is 11.1 Å². The third-order valence-electron chi connectivity index (χ3n) is 7.40. The van der Waals surface area contributed by atoms with Crippen molar-refractivity contribution in [3.05, 3.63) is 123 Å². The first-order valence-corrected chi connectivity index (χ1v) is 12.8. The highest BCUT2D eigenvalue weighted by Gasteiger charge is 2.24. The molecule has 0 saturated heterocycles. The maximum Gasteiger partial charge on any atom is 0.132 e. The van der Waals surface area contributed by atoms with Crippen LogP contribution in [0, 0.1) is 41.5 Å². The maximum atomic E-state index is 12.5. The van der Waals surface area contributed by atoms with Crippen molar-refractivity contribution in [2.45, 2.75) is 41.5 Å². The predicted octanol–water partition coefficient (Wildman–Crippen LogP) is 9.33. The van der Waals surface area contributed by atoms with Crippen molar-refractivity contribution in [2.75, 3.05) is 7.11 Å². The zero-order valence-corrected chi connectivity index (χ0v) is 22.8. The summed E-state index contributed by atoms with van der Waals surface area (Å²) in [7, 11) is 1.68. The summed E-state index contributed by atoms with van der Waals surface area (Å²) in [5, 5.41) is 16.7. The standard InChI is InChI=1S/C35H34O2/c1-20-14-22(3)31(23(4)15-20)34(32-24(5)16-21(2)17-25(32)6)35(36)33-29-11-9-8-10-26(29)18-27-12-13-28(37-7)19-30(27)33/h8-19,36H,1-7H3. The van der Waals surface area contributed by atoms with E-state index < -0.39 is 0 Å². The van der Waals surface area contributed by atoms with Crippen LogP contribution in [0.5, 0.6) is 5.75 Å². The first-order valence-electron chi connectivity index (χ1n) is 12.8. The Morgan fingerprint density at radius 3 is 1.62 bits per heavy atom. The molecule has 5 rings (SSSR count). The first-order chi connectivity index (χ1) is 17.7. The van der Waals surface area contributed by atoms with Crippen molar-refractivity contribution in [1.29, 1.82) is 0 Å². The fraction of sp³-hybridized carbons (Fsp3) is 0.200. The van der Waals surface area contributed by atoms with Gasteiger partial charge in [-0.05, 0) is 115 Å². The molecule has 0 spiro atoms. The number of rotatable bonds is 4. The molecule has 2 heteroatoms. The van der Waals surface area contributed by atoms with E-state index in [9.17, 15) is 5.11 Å². The molecule has 37 heavy (non-hydrogen) atoms. The van der Waals surface area contributed by atoms with E-state index in [1.807, 2.05) is 24.3 Å². The molecule has 0 bridgehead atoms. The van der Waals surface area contributed by atoms with Gasteiger partial charge in [-0.3, -0.25) is 0 Å². The summed E-state index contributed by atoms with van der Waals surface area (Å²) in [4.78, 5) is 0. The number of hydrogen-bond donors (Lipinski definition) is 1. The number of methoxy groups -OCH3 is 1. The Hall–Kier alpha value is -4.04. The Morgan fingerprint density at radius 2 is 1.08 bits per heavy atom. The Balaban J connectivity index is 2.03. The number of fused-ring (bicyclic) bond motifs is 2. The predicted molar refractivity (Wildman–Crippen MR) is 158 cm³/mol. The summed E-state index contributed by atoms with van der Waals surface area (Å²) >= 11 is 0. The molecule has 0 radical (unpaired) electrons. The van der Waals surface area contributed by atoms with Gasteiger partial charge < -0.3 is 9.84 Å². The highest BCUT2D eigenvalue weighted by molar-refractivity contribution is 6.13. The van der Waals surface area contributed by atoms with Crippen LogP contribution in [-0.4, -0.2) is 12.2 Å². The van der Waals surface area contributed by atoms with Crippen LogP contribution in [0.3, 0.4) is 0 Å².